The van der Waals surface area contributed by atoms with Crippen LogP contribution in [0.25, 0.3) is 0 Å². The summed E-state index contributed by atoms with van der Waals surface area (Å²) in [7, 11) is 0. The maximum atomic E-state index is 11.9. The predicted octanol–water partition coefficient (Wildman–Crippen LogP) is 1.03. The van der Waals surface area contributed by atoms with Gasteiger partial charge in [0.25, 0.3) is 11.8 Å². The van der Waals surface area contributed by atoms with E-state index in [0.717, 1.165) is 0 Å². The van der Waals surface area contributed by atoms with Crippen molar-refractivity contribution < 1.29 is 14.3 Å². The van der Waals surface area contributed by atoms with Crippen LogP contribution in [0.4, 0.5) is 0 Å². The second kappa shape index (κ2) is 2.67. The zero-order chi connectivity index (χ0) is 10.6. The van der Waals surface area contributed by atoms with Gasteiger partial charge in [0.1, 0.15) is 6.10 Å². The van der Waals surface area contributed by atoms with E-state index in [2.05, 4.69) is 0 Å². The molecule has 2 heterocycles. The minimum Gasteiger partial charge on any atom is -0.347 e. The molecule has 0 aliphatic carbocycles. The Morgan fingerprint density at radius 1 is 1.13 bits per heavy atom. The minimum atomic E-state index is -0.364. The van der Waals surface area contributed by atoms with Gasteiger partial charge < -0.3 is 4.74 Å². The molecule has 1 aromatic rings. The normalized spacial score (nSPS) is 28.2. The number of hydrogen-bond donors (Lipinski definition) is 0. The third-order valence-corrected chi connectivity index (χ3v) is 2.76. The molecule has 76 valence electrons. The molecule has 0 spiro atoms. The van der Waals surface area contributed by atoms with Crippen LogP contribution in [0.3, 0.4) is 0 Å². The van der Waals surface area contributed by atoms with E-state index < -0.39 is 0 Å². The molecule has 2 amide bonds. The van der Waals surface area contributed by atoms with Gasteiger partial charge in [-0.1, -0.05) is 12.1 Å². The Morgan fingerprint density at radius 3 is 2.00 bits per heavy atom. The van der Waals surface area contributed by atoms with Crippen LogP contribution in [0.5, 0.6) is 0 Å². The van der Waals surface area contributed by atoms with Crippen molar-refractivity contribution in [2.45, 2.75) is 19.3 Å². The van der Waals surface area contributed by atoms with Crippen LogP contribution < -0.4 is 0 Å². The van der Waals surface area contributed by atoms with Gasteiger partial charge in [0.2, 0.25) is 0 Å². The maximum absolute atomic E-state index is 11.9. The van der Waals surface area contributed by atoms with E-state index >= 15 is 0 Å². The highest BCUT2D eigenvalue weighted by Gasteiger charge is 2.50. The molecule has 4 heteroatoms. The zero-order valence-electron chi connectivity index (χ0n) is 8.14. The highest BCUT2D eigenvalue weighted by atomic mass is 16.6. The standard InChI is InChI=1S/C11H9NO3/c1-6-11(15-6)12-9(13)7-4-2-3-5-8(7)10(12)14/h2-6,11H,1H3. The Hall–Kier alpha value is -1.68. The number of carbonyl (C=O) groups excluding carboxylic acids is 2. The van der Waals surface area contributed by atoms with E-state index in [-0.39, 0.29) is 24.1 Å². The third-order valence-electron chi connectivity index (χ3n) is 2.76. The van der Waals surface area contributed by atoms with Crippen molar-refractivity contribution in [3.8, 4) is 0 Å². The number of imide groups is 1. The summed E-state index contributed by atoms with van der Waals surface area (Å²) in [5.41, 5.74) is 0.954. The van der Waals surface area contributed by atoms with Gasteiger partial charge in [0.05, 0.1) is 11.1 Å². The van der Waals surface area contributed by atoms with Gasteiger partial charge >= 0.3 is 0 Å². The zero-order valence-corrected chi connectivity index (χ0v) is 8.14. The van der Waals surface area contributed by atoms with Crippen LogP contribution in [0.2, 0.25) is 0 Å². The van der Waals surface area contributed by atoms with Crippen molar-refractivity contribution in [2.24, 2.45) is 0 Å². The fourth-order valence-corrected chi connectivity index (χ4v) is 1.88. The molecular formula is C11H9NO3. The monoisotopic (exact) mass is 203 g/mol. The summed E-state index contributed by atoms with van der Waals surface area (Å²) in [5, 5.41) is 0. The lowest BCUT2D eigenvalue weighted by Crippen LogP contribution is -2.33. The number of epoxide rings is 1. The van der Waals surface area contributed by atoms with Crippen molar-refractivity contribution in [3.63, 3.8) is 0 Å². The average molecular weight is 203 g/mol. The number of amides is 2. The summed E-state index contributed by atoms with van der Waals surface area (Å²) in [4.78, 5) is 24.9. The second-order valence-corrected chi connectivity index (χ2v) is 3.76. The summed E-state index contributed by atoms with van der Waals surface area (Å²) in [6.07, 6.45) is -0.399. The van der Waals surface area contributed by atoms with E-state index in [1.807, 2.05) is 6.92 Å². The number of carbonyl (C=O) groups is 2. The number of benzene rings is 1. The van der Waals surface area contributed by atoms with E-state index in [1.165, 1.54) is 4.90 Å². The van der Waals surface area contributed by atoms with Gasteiger partial charge in [-0.3, -0.25) is 9.59 Å². The molecule has 2 aliphatic heterocycles. The van der Waals surface area contributed by atoms with Crippen molar-refractivity contribution in [2.75, 3.05) is 0 Å². The predicted molar refractivity (Wildman–Crippen MR) is 51.3 cm³/mol. The third kappa shape index (κ3) is 1.05. The molecule has 0 radical (unpaired) electrons. The molecule has 15 heavy (non-hydrogen) atoms. The molecule has 2 aliphatic rings. The van der Waals surface area contributed by atoms with Crippen LogP contribution in [-0.2, 0) is 4.74 Å². The molecule has 0 N–H and O–H groups in total. The van der Waals surface area contributed by atoms with Crippen LogP contribution >= 0.6 is 0 Å². The Labute approximate surface area is 86.4 Å². The average Bonchev–Trinajstić information content (AvgIpc) is 2.89. The van der Waals surface area contributed by atoms with E-state index in [9.17, 15) is 9.59 Å². The SMILES string of the molecule is CC1OC1N1C(=O)c2ccccc2C1=O. The quantitative estimate of drug-likeness (QED) is 0.506. The summed E-state index contributed by atoms with van der Waals surface area (Å²) in [6.45, 7) is 1.84. The first-order valence-electron chi connectivity index (χ1n) is 4.82. The number of ether oxygens (including phenoxy) is 1. The highest BCUT2D eigenvalue weighted by Crippen LogP contribution is 2.33. The van der Waals surface area contributed by atoms with Crippen LogP contribution in [0.15, 0.2) is 24.3 Å². The first kappa shape index (κ1) is 8.61. The van der Waals surface area contributed by atoms with Crippen LogP contribution in [0, 0.1) is 0 Å². The number of rotatable bonds is 1. The minimum absolute atomic E-state index is 0.0350. The van der Waals surface area contributed by atoms with Crippen molar-refractivity contribution >= 4 is 11.8 Å². The molecular weight excluding hydrogens is 194 g/mol. The Morgan fingerprint density at radius 2 is 1.60 bits per heavy atom. The first-order valence-corrected chi connectivity index (χ1v) is 4.82. The molecule has 1 aromatic carbocycles. The molecule has 4 nitrogen and oxygen atoms in total. The summed E-state index contributed by atoms with van der Waals surface area (Å²) in [5.74, 6) is -0.491. The number of hydrogen-bond acceptors (Lipinski definition) is 3. The van der Waals surface area contributed by atoms with Crippen LogP contribution in [0.1, 0.15) is 27.6 Å². The molecule has 3 rings (SSSR count). The van der Waals surface area contributed by atoms with Gasteiger partial charge in [0.15, 0.2) is 6.23 Å². The van der Waals surface area contributed by atoms with E-state index in [1.54, 1.807) is 24.3 Å². The van der Waals surface area contributed by atoms with Gasteiger partial charge in [0, 0.05) is 0 Å². The molecule has 0 aromatic heterocycles. The number of nitrogens with zero attached hydrogens (tertiary/aromatic N) is 1. The molecule has 2 atom stereocenters. The fourth-order valence-electron chi connectivity index (χ4n) is 1.88. The van der Waals surface area contributed by atoms with Gasteiger partial charge in [-0.25, -0.2) is 4.90 Å². The Kier molecular flexibility index (Phi) is 1.53. The molecule has 1 saturated heterocycles. The lowest BCUT2D eigenvalue weighted by atomic mass is 10.1. The first-order chi connectivity index (χ1) is 7.20. The van der Waals surface area contributed by atoms with E-state index in [4.69, 9.17) is 4.74 Å². The molecule has 0 saturated carbocycles. The van der Waals surface area contributed by atoms with Crippen molar-refractivity contribution in [1.82, 2.24) is 4.90 Å². The maximum Gasteiger partial charge on any atom is 0.263 e. The molecule has 1 fully saturated rings. The van der Waals surface area contributed by atoms with Crippen molar-refractivity contribution in [3.05, 3.63) is 35.4 Å². The lowest BCUT2D eigenvalue weighted by molar-refractivity contribution is 0.0579. The Bertz CT molecular complexity index is 434. The van der Waals surface area contributed by atoms with E-state index in [0.29, 0.717) is 11.1 Å². The summed E-state index contributed by atoms with van der Waals surface area (Å²) < 4.78 is 5.16. The fraction of sp³-hybridized carbons (Fsp3) is 0.273. The van der Waals surface area contributed by atoms with Crippen molar-refractivity contribution in [1.29, 1.82) is 0 Å². The highest BCUT2D eigenvalue weighted by molar-refractivity contribution is 6.21. The van der Waals surface area contributed by atoms with Gasteiger partial charge in [-0.2, -0.15) is 0 Å². The lowest BCUT2D eigenvalue weighted by Gasteiger charge is -2.09. The Balaban J connectivity index is 2.05. The number of fused-ring (bicyclic) bond motifs is 1. The van der Waals surface area contributed by atoms with Gasteiger partial charge in [-0.15, -0.1) is 0 Å². The van der Waals surface area contributed by atoms with Crippen LogP contribution in [-0.4, -0.2) is 29.0 Å². The summed E-state index contributed by atoms with van der Waals surface area (Å²) >= 11 is 0. The smallest absolute Gasteiger partial charge is 0.263 e. The largest absolute Gasteiger partial charge is 0.347 e. The molecule has 2 unspecified atom stereocenters. The van der Waals surface area contributed by atoms with Gasteiger partial charge in [-0.05, 0) is 19.1 Å². The molecule has 0 bridgehead atoms. The summed E-state index contributed by atoms with van der Waals surface area (Å²) in [6, 6.07) is 6.85. The topological polar surface area (TPSA) is 49.9 Å². The second-order valence-electron chi connectivity index (χ2n) is 3.76.